The minimum absolute atomic E-state index is 0.122. The number of aryl methyl sites for hydroxylation is 1. The van der Waals surface area contributed by atoms with Gasteiger partial charge in [-0.05, 0) is 43.9 Å². The molecule has 1 amide bonds. The molecular weight excluding hydrogens is 309 g/mol. The van der Waals surface area contributed by atoms with Crippen molar-refractivity contribution in [3.63, 3.8) is 0 Å². The van der Waals surface area contributed by atoms with Crippen molar-refractivity contribution in [2.75, 3.05) is 20.2 Å². The summed E-state index contributed by atoms with van der Waals surface area (Å²) in [5.74, 6) is 0.891. The Bertz CT molecular complexity index is 729. The number of benzene rings is 1. The molecule has 128 valence electrons. The number of hydrogen-bond donors (Lipinski definition) is 0. The number of carbonyl (C=O) groups excluding carboxylic acids is 1. The Morgan fingerprint density at radius 1 is 1.46 bits per heavy atom. The number of piperidine rings is 1. The molecule has 1 fully saturated rings. The first-order valence-electron chi connectivity index (χ1n) is 8.19. The number of aromatic nitrogens is 2. The third-order valence-electron chi connectivity index (χ3n) is 4.58. The molecule has 3 rings (SSSR count). The Labute approximate surface area is 141 Å². The smallest absolute Gasteiger partial charge is 0.253 e. The van der Waals surface area contributed by atoms with Gasteiger partial charge in [0.25, 0.3) is 5.91 Å². The van der Waals surface area contributed by atoms with Gasteiger partial charge in [0, 0.05) is 37.6 Å². The van der Waals surface area contributed by atoms with Crippen LogP contribution in [0.25, 0.3) is 0 Å². The van der Waals surface area contributed by atoms with Crippen molar-refractivity contribution >= 4 is 5.91 Å². The molecule has 0 saturated carbocycles. The van der Waals surface area contributed by atoms with Crippen molar-refractivity contribution in [2.24, 2.45) is 5.92 Å². The first kappa shape index (κ1) is 16.5. The van der Waals surface area contributed by atoms with Crippen LogP contribution in [0, 0.1) is 18.7 Å². The maximum Gasteiger partial charge on any atom is 0.253 e. The van der Waals surface area contributed by atoms with E-state index in [4.69, 9.17) is 4.74 Å². The molecule has 0 aliphatic carbocycles. The fourth-order valence-electron chi connectivity index (χ4n) is 3.26. The molecule has 6 heteroatoms. The summed E-state index contributed by atoms with van der Waals surface area (Å²) < 4.78 is 20.9. The van der Waals surface area contributed by atoms with Crippen LogP contribution in [0.1, 0.15) is 29.0 Å². The zero-order valence-corrected chi connectivity index (χ0v) is 14.0. The summed E-state index contributed by atoms with van der Waals surface area (Å²) in [7, 11) is 1.41. The highest BCUT2D eigenvalue weighted by atomic mass is 19.1. The van der Waals surface area contributed by atoms with Crippen LogP contribution >= 0.6 is 0 Å². The molecule has 0 unspecified atom stereocenters. The molecule has 24 heavy (non-hydrogen) atoms. The summed E-state index contributed by atoms with van der Waals surface area (Å²) in [6, 6.07) is 4.37. The van der Waals surface area contributed by atoms with E-state index in [0.717, 1.165) is 25.2 Å². The first-order valence-corrected chi connectivity index (χ1v) is 8.19. The van der Waals surface area contributed by atoms with Crippen LogP contribution in [0.5, 0.6) is 5.75 Å². The molecular formula is C18H22FN3O2. The van der Waals surface area contributed by atoms with Gasteiger partial charge in [0.1, 0.15) is 5.82 Å². The highest BCUT2D eigenvalue weighted by Crippen LogP contribution is 2.23. The largest absolute Gasteiger partial charge is 0.494 e. The van der Waals surface area contributed by atoms with Crippen LogP contribution in [-0.4, -0.2) is 40.6 Å². The number of methoxy groups -OCH3 is 1. The number of halogens is 1. The van der Waals surface area contributed by atoms with E-state index in [-0.39, 0.29) is 11.7 Å². The summed E-state index contributed by atoms with van der Waals surface area (Å²) in [6.45, 7) is 4.23. The molecule has 1 aliphatic heterocycles. The number of ether oxygens (including phenoxy) is 1. The Morgan fingerprint density at radius 3 is 2.96 bits per heavy atom. The Morgan fingerprint density at radius 2 is 2.29 bits per heavy atom. The number of rotatable bonds is 4. The number of hydrogen-bond acceptors (Lipinski definition) is 3. The van der Waals surface area contributed by atoms with Crippen molar-refractivity contribution in [1.29, 1.82) is 0 Å². The number of carbonyl (C=O) groups is 1. The van der Waals surface area contributed by atoms with Gasteiger partial charge in [-0.15, -0.1) is 0 Å². The summed E-state index contributed by atoms with van der Waals surface area (Å²) >= 11 is 0. The van der Waals surface area contributed by atoms with E-state index >= 15 is 0 Å². The zero-order chi connectivity index (χ0) is 17.1. The van der Waals surface area contributed by atoms with E-state index < -0.39 is 5.82 Å². The molecule has 0 N–H and O–H groups in total. The number of imidazole rings is 1. The van der Waals surface area contributed by atoms with Gasteiger partial charge in [-0.25, -0.2) is 9.37 Å². The molecule has 1 atom stereocenters. The van der Waals surface area contributed by atoms with Gasteiger partial charge in [0.05, 0.1) is 7.11 Å². The van der Waals surface area contributed by atoms with E-state index in [2.05, 4.69) is 9.55 Å². The monoisotopic (exact) mass is 331 g/mol. The predicted molar refractivity (Wildman–Crippen MR) is 88.5 cm³/mol. The molecule has 5 nitrogen and oxygen atoms in total. The average molecular weight is 331 g/mol. The van der Waals surface area contributed by atoms with Crippen molar-refractivity contribution in [3.05, 3.63) is 47.8 Å². The zero-order valence-electron chi connectivity index (χ0n) is 14.0. The van der Waals surface area contributed by atoms with Gasteiger partial charge >= 0.3 is 0 Å². The van der Waals surface area contributed by atoms with Gasteiger partial charge in [0.2, 0.25) is 0 Å². The van der Waals surface area contributed by atoms with E-state index in [1.54, 1.807) is 12.3 Å². The van der Waals surface area contributed by atoms with E-state index in [0.29, 0.717) is 24.6 Å². The lowest BCUT2D eigenvalue weighted by molar-refractivity contribution is 0.0661. The van der Waals surface area contributed by atoms with Crippen LogP contribution in [0.4, 0.5) is 4.39 Å². The molecule has 0 spiro atoms. The maximum atomic E-state index is 13.8. The maximum absolute atomic E-state index is 13.8. The standard InChI is InChI=1S/C18H22FN3O2/c1-13-20-7-9-21(13)11-14-4-3-8-22(12-14)18(23)15-5-6-17(24-2)16(19)10-15/h5-7,9-10,14H,3-4,8,11-12H2,1-2H3/t14-/m0/s1. The number of nitrogens with zero attached hydrogens (tertiary/aromatic N) is 3. The van der Waals surface area contributed by atoms with Crippen LogP contribution in [-0.2, 0) is 6.54 Å². The first-order chi connectivity index (χ1) is 11.6. The predicted octanol–water partition coefficient (Wildman–Crippen LogP) is 2.89. The van der Waals surface area contributed by atoms with Crippen LogP contribution in [0.3, 0.4) is 0 Å². The molecule has 1 aliphatic rings. The minimum atomic E-state index is -0.508. The molecule has 1 aromatic carbocycles. The molecule has 1 aromatic heterocycles. The fourth-order valence-corrected chi connectivity index (χ4v) is 3.26. The number of likely N-dealkylation sites (tertiary alicyclic amines) is 1. The molecule has 0 bridgehead atoms. The lowest BCUT2D eigenvalue weighted by Crippen LogP contribution is -2.41. The van der Waals surface area contributed by atoms with Crippen LogP contribution in [0.15, 0.2) is 30.6 Å². The lowest BCUT2D eigenvalue weighted by Gasteiger charge is -2.33. The minimum Gasteiger partial charge on any atom is -0.494 e. The Balaban J connectivity index is 1.68. The van der Waals surface area contributed by atoms with Gasteiger partial charge in [-0.2, -0.15) is 0 Å². The van der Waals surface area contributed by atoms with Crippen molar-refractivity contribution < 1.29 is 13.9 Å². The molecule has 1 saturated heterocycles. The Kier molecular flexibility index (Phi) is 4.83. The lowest BCUT2D eigenvalue weighted by atomic mass is 9.97. The average Bonchev–Trinajstić information content (AvgIpc) is 2.99. The van der Waals surface area contributed by atoms with Gasteiger partial charge < -0.3 is 14.2 Å². The summed E-state index contributed by atoms with van der Waals surface area (Å²) in [5, 5.41) is 0. The molecule has 2 heterocycles. The van der Waals surface area contributed by atoms with Crippen molar-refractivity contribution in [1.82, 2.24) is 14.5 Å². The van der Waals surface area contributed by atoms with Crippen LogP contribution in [0.2, 0.25) is 0 Å². The van der Waals surface area contributed by atoms with Crippen molar-refractivity contribution in [3.8, 4) is 5.75 Å². The summed E-state index contributed by atoms with van der Waals surface area (Å²) in [6.07, 6.45) is 5.80. The summed E-state index contributed by atoms with van der Waals surface area (Å²) in [4.78, 5) is 18.7. The van der Waals surface area contributed by atoms with Crippen molar-refractivity contribution in [2.45, 2.75) is 26.3 Å². The third kappa shape index (κ3) is 3.42. The normalized spacial score (nSPS) is 17.8. The number of amides is 1. The van der Waals surface area contributed by atoms with Gasteiger partial charge in [0.15, 0.2) is 11.6 Å². The van der Waals surface area contributed by atoms with Gasteiger partial charge in [-0.1, -0.05) is 0 Å². The highest BCUT2D eigenvalue weighted by Gasteiger charge is 2.25. The second kappa shape index (κ2) is 7.03. The van der Waals surface area contributed by atoms with Crippen LogP contribution < -0.4 is 4.74 Å². The van der Waals surface area contributed by atoms with E-state index in [1.165, 1.54) is 19.2 Å². The fraction of sp³-hybridized carbons (Fsp3) is 0.444. The summed E-state index contributed by atoms with van der Waals surface area (Å²) in [5.41, 5.74) is 0.368. The topological polar surface area (TPSA) is 47.4 Å². The molecule has 0 radical (unpaired) electrons. The van der Waals surface area contributed by atoms with E-state index in [1.807, 2.05) is 18.0 Å². The SMILES string of the molecule is COc1ccc(C(=O)N2CCC[C@@H](Cn3ccnc3C)C2)cc1F. The highest BCUT2D eigenvalue weighted by molar-refractivity contribution is 5.94. The third-order valence-corrected chi connectivity index (χ3v) is 4.58. The Hall–Kier alpha value is -2.37. The second-order valence-electron chi connectivity index (χ2n) is 6.24. The van der Waals surface area contributed by atoms with Gasteiger partial charge in [-0.3, -0.25) is 4.79 Å². The molecule has 2 aromatic rings. The quantitative estimate of drug-likeness (QED) is 0.865. The van der Waals surface area contributed by atoms with E-state index in [9.17, 15) is 9.18 Å². The second-order valence-corrected chi connectivity index (χ2v) is 6.24.